The number of hydrazone groups is 1. The number of hydrogen-bond donors (Lipinski definition) is 2. The quantitative estimate of drug-likeness (QED) is 0.640. The molecule has 1 aromatic carbocycles. The van der Waals surface area contributed by atoms with Crippen LogP contribution in [0.3, 0.4) is 0 Å². The van der Waals surface area contributed by atoms with Crippen LogP contribution in [0.1, 0.15) is 5.56 Å². The third-order valence-corrected chi connectivity index (χ3v) is 4.10. The van der Waals surface area contributed by atoms with Gasteiger partial charge in [-0.1, -0.05) is 18.2 Å². The van der Waals surface area contributed by atoms with E-state index < -0.39 is 0 Å². The first-order chi connectivity index (χ1) is 10.8. The summed E-state index contributed by atoms with van der Waals surface area (Å²) in [6.45, 7) is 8.32. The van der Waals surface area contributed by atoms with Crippen LogP contribution in [0.4, 0.5) is 0 Å². The van der Waals surface area contributed by atoms with Gasteiger partial charge in [-0.15, -0.1) is 0 Å². The fraction of sp³-hybridized carbons (Fsp3) is 0.375. The predicted octanol–water partition coefficient (Wildman–Crippen LogP) is 1.02. The Kier molecular flexibility index (Phi) is 4.50. The van der Waals surface area contributed by atoms with Crippen LogP contribution >= 0.6 is 0 Å². The number of nitrogens with one attached hydrogen (secondary N) is 2. The second-order valence-electron chi connectivity index (χ2n) is 5.60. The topological polar surface area (TPSA) is 63.7 Å². The summed E-state index contributed by atoms with van der Waals surface area (Å²) in [7, 11) is 0. The standard InChI is InChI=1S/C16H21N5O/c1-17-19-16(22)12-21-8-6-20(7-9-21)11-13-10-18-15-5-3-2-4-14(13)15/h2-5,10,18H,1,6-9,11-12H2,(H,19,22). The molecule has 0 saturated carbocycles. The number of rotatable bonds is 5. The second kappa shape index (κ2) is 6.72. The molecular formula is C16H21N5O. The van der Waals surface area contributed by atoms with E-state index in [1.54, 1.807) is 0 Å². The molecule has 1 aliphatic rings. The molecule has 2 heterocycles. The first kappa shape index (κ1) is 14.7. The van der Waals surface area contributed by atoms with E-state index in [2.05, 4.69) is 56.4 Å². The Bertz CT molecular complexity index is 657. The Morgan fingerprint density at radius 1 is 1.23 bits per heavy atom. The molecule has 0 atom stereocenters. The van der Waals surface area contributed by atoms with Crippen molar-refractivity contribution in [3.63, 3.8) is 0 Å². The predicted molar refractivity (Wildman–Crippen MR) is 87.7 cm³/mol. The lowest BCUT2D eigenvalue weighted by Gasteiger charge is -2.34. The Morgan fingerprint density at radius 2 is 1.95 bits per heavy atom. The van der Waals surface area contributed by atoms with Crippen LogP contribution in [-0.4, -0.2) is 60.1 Å². The molecule has 6 nitrogen and oxygen atoms in total. The zero-order valence-electron chi connectivity index (χ0n) is 12.6. The molecular weight excluding hydrogens is 278 g/mol. The van der Waals surface area contributed by atoms with Crippen molar-refractivity contribution in [2.75, 3.05) is 32.7 Å². The van der Waals surface area contributed by atoms with E-state index in [9.17, 15) is 4.79 Å². The van der Waals surface area contributed by atoms with Crippen molar-refractivity contribution in [2.45, 2.75) is 6.54 Å². The normalized spacial score (nSPS) is 16.7. The van der Waals surface area contributed by atoms with Crippen LogP contribution in [0.15, 0.2) is 35.6 Å². The van der Waals surface area contributed by atoms with Gasteiger partial charge in [-0.25, -0.2) is 5.43 Å². The van der Waals surface area contributed by atoms with Crippen molar-refractivity contribution in [1.82, 2.24) is 20.2 Å². The van der Waals surface area contributed by atoms with Gasteiger partial charge < -0.3 is 4.98 Å². The maximum absolute atomic E-state index is 11.5. The number of piperazine rings is 1. The van der Waals surface area contributed by atoms with Crippen molar-refractivity contribution < 1.29 is 4.79 Å². The van der Waals surface area contributed by atoms with E-state index in [1.165, 1.54) is 16.5 Å². The van der Waals surface area contributed by atoms with Crippen LogP contribution in [0.5, 0.6) is 0 Å². The Morgan fingerprint density at radius 3 is 2.73 bits per heavy atom. The monoisotopic (exact) mass is 299 g/mol. The van der Waals surface area contributed by atoms with E-state index in [0.29, 0.717) is 6.54 Å². The number of carbonyl (C=O) groups is 1. The van der Waals surface area contributed by atoms with Crippen LogP contribution in [0.25, 0.3) is 10.9 Å². The number of fused-ring (bicyclic) bond motifs is 1. The zero-order chi connectivity index (χ0) is 15.4. The highest BCUT2D eigenvalue weighted by Gasteiger charge is 2.19. The number of aromatic amines is 1. The number of H-pyrrole nitrogens is 1. The maximum Gasteiger partial charge on any atom is 0.254 e. The largest absolute Gasteiger partial charge is 0.361 e. The summed E-state index contributed by atoms with van der Waals surface area (Å²) in [5, 5.41) is 4.70. The molecule has 0 bridgehead atoms. The smallest absolute Gasteiger partial charge is 0.254 e. The van der Waals surface area contributed by atoms with Crippen molar-refractivity contribution in [1.29, 1.82) is 0 Å². The minimum Gasteiger partial charge on any atom is -0.361 e. The molecule has 0 aliphatic carbocycles. The summed E-state index contributed by atoms with van der Waals surface area (Å²) in [6, 6.07) is 8.38. The number of benzene rings is 1. The van der Waals surface area contributed by atoms with Gasteiger partial charge >= 0.3 is 0 Å². The van der Waals surface area contributed by atoms with Crippen LogP contribution in [0, 0.1) is 0 Å². The van der Waals surface area contributed by atoms with Gasteiger partial charge in [-0.3, -0.25) is 14.6 Å². The van der Waals surface area contributed by atoms with Crippen molar-refractivity contribution in [2.24, 2.45) is 5.10 Å². The number of amides is 1. The number of para-hydroxylation sites is 1. The average Bonchev–Trinajstić information content (AvgIpc) is 2.93. The highest BCUT2D eigenvalue weighted by molar-refractivity contribution is 5.83. The Balaban J connectivity index is 1.54. The molecule has 116 valence electrons. The van der Waals surface area contributed by atoms with Gasteiger partial charge in [-0.05, 0) is 11.6 Å². The lowest BCUT2D eigenvalue weighted by molar-refractivity contribution is -0.122. The minimum atomic E-state index is -0.0971. The molecule has 2 N–H and O–H groups in total. The molecule has 6 heteroatoms. The van der Waals surface area contributed by atoms with Gasteiger partial charge in [-0.2, -0.15) is 5.10 Å². The Hall–Kier alpha value is -2.18. The molecule has 1 fully saturated rings. The number of carbonyl (C=O) groups excluding carboxylic acids is 1. The summed E-state index contributed by atoms with van der Waals surface area (Å²) in [5.74, 6) is -0.0971. The van der Waals surface area contributed by atoms with E-state index in [0.717, 1.165) is 32.7 Å². The highest BCUT2D eigenvalue weighted by atomic mass is 16.2. The lowest BCUT2D eigenvalue weighted by Crippen LogP contribution is -2.48. The average molecular weight is 299 g/mol. The van der Waals surface area contributed by atoms with Crippen molar-refractivity contribution in [3.8, 4) is 0 Å². The third kappa shape index (κ3) is 3.35. The van der Waals surface area contributed by atoms with E-state index in [1.807, 2.05) is 6.07 Å². The number of hydrogen-bond acceptors (Lipinski definition) is 4. The van der Waals surface area contributed by atoms with Gasteiger partial charge in [0.05, 0.1) is 6.54 Å². The molecule has 3 rings (SSSR count). The third-order valence-electron chi connectivity index (χ3n) is 4.10. The number of nitrogens with zero attached hydrogens (tertiary/aromatic N) is 3. The van der Waals surface area contributed by atoms with Gasteiger partial charge in [0.15, 0.2) is 0 Å². The van der Waals surface area contributed by atoms with Crippen LogP contribution < -0.4 is 5.43 Å². The second-order valence-corrected chi connectivity index (χ2v) is 5.60. The lowest BCUT2D eigenvalue weighted by atomic mass is 10.1. The first-order valence-corrected chi connectivity index (χ1v) is 7.50. The SMILES string of the molecule is C=NNC(=O)CN1CCN(Cc2c[nH]c3ccccc23)CC1. The molecule has 1 amide bonds. The highest BCUT2D eigenvalue weighted by Crippen LogP contribution is 2.19. The summed E-state index contributed by atoms with van der Waals surface area (Å²) in [6.07, 6.45) is 2.10. The molecule has 0 spiro atoms. The van der Waals surface area contributed by atoms with Gasteiger partial charge in [0, 0.05) is 56.5 Å². The summed E-state index contributed by atoms with van der Waals surface area (Å²) in [4.78, 5) is 19.4. The van der Waals surface area contributed by atoms with Crippen molar-refractivity contribution >= 4 is 23.5 Å². The molecule has 0 radical (unpaired) electrons. The molecule has 1 saturated heterocycles. The van der Waals surface area contributed by atoms with Crippen LogP contribution in [0.2, 0.25) is 0 Å². The fourth-order valence-electron chi connectivity index (χ4n) is 2.94. The van der Waals surface area contributed by atoms with E-state index in [4.69, 9.17) is 0 Å². The van der Waals surface area contributed by atoms with Gasteiger partial charge in [0.1, 0.15) is 0 Å². The minimum absolute atomic E-state index is 0.0971. The van der Waals surface area contributed by atoms with E-state index >= 15 is 0 Å². The van der Waals surface area contributed by atoms with Gasteiger partial charge in [0.2, 0.25) is 0 Å². The van der Waals surface area contributed by atoms with Gasteiger partial charge in [0.25, 0.3) is 5.91 Å². The molecule has 22 heavy (non-hydrogen) atoms. The summed E-state index contributed by atoms with van der Waals surface area (Å²) >= 11 is 0. The molecule has 2 aromatic rings. The maximum atomic E-state index is 11.5. The first-order valence-electron chi connectivity index (χ1n) is 7.50. The summed E-state index contributed by atoms with van der Waals surface area (Å²) in [5.41, 5.74) is 4.89. The summed E-state index contributed by atoms with van der Waals surface area (Å²) < 4.78 is 0. The zero-order valence-corrected chi connectivity index (χ0v) is 12.6. The molecule has 1 aliphatic heterocycles. The molecule has 1 aromatic heterocycles. The number of aromatic nitrogens is 1. The fourth-order valence-corrected chi connectivity index (χ4v) is 2.94. The van der Waals surface area contributed by atoms with Crippen molar-refractivity contribution in [3.05, 3.63) is 36.0 Å². The Labute approximate surface area is 129 Å². The van der Waals surface area contributed by atoms with E-state index in [-0.39, 0.29) is 5.91 Å². The molecule has 0 unspecified atom stereocenters. The van der Waals surface area contributed by atoms with Crippen LogP contribution in [-0.2, 0) is 11.3 Å².